The Labute approximate surface area is 135 Å². The summed E-state index contributed by atoms with van der Waals surface area (Å²) in [4.78, 5) is 0.227. The Morgan fingerprint density at radius 1 is 1.18 bits per heavy atom. The molecule has 6 heteroatoms. The molecule has 0 aromatic heterocycles. The van der Waals surface area contributed by atoms with Gasteiger partial charge in [0.25, 0.3) is 0 Å². The molecule has 2 aromatic rings. The van der Waals surface area contributed by atoms with Crippen molar-refractivity contribution < 1.29 is 13.5 Å². The van der Waals surface area contributed by atoms with Gasteiger partial charge in [-0.1, -0.05) is 35.9 Å². The fourth-order valence-electron chi connectivity index (χ4n) is 2.08. The van der Waals surface area contributed by atoms with E-state index in [9.17, 15) is 13.5 Å². The Balaban J connectivity index is 1.95. The van der Waals surface area contributed by atoms with Crippen molar-refractivity contribution in [2.24, 2.45) is 0 Å². The molecule has 4 nitrogen and oxygen atoms in total. The molecule has 0 fully saturated rings. The van der Waals surface area contributed by atoms with Crippen LogP contribution < -0.4 is 4.72 Å². The number of sulfonamides is 1. The molecular formula is C16H18ClNO3S. The quantitative estimate of drug-likeness (QED) is 0.850. The van der Waals surface area contributed by atoms with E-state index in [1.807, 2.05) is 13.0 Å². The molecule has 1 atom stereocenters. The molecule has 0 aliphatic carbocycles. The maximum Gasteiger partial charge on any atom is 0.240 e. The lowest BCUT2D eigenvalue weighted by molar-refractivity contribution is 0.169. The van der Waals surface area contributed by atoms with E-state index in [2.05, 4.69) is 4.72 Å². The summed E-state index contributed by atoms with van der Waals surface area (Å²) in [7, 11) is -3.56. The van der Waals surface area contributed by atoms with Crippen molar-refractivity contribution in [3.63, 3.8) is 0 Å². The van der Waals surface area contributed by atoms with Gasteiger partial charge in [-0.15, -0.1) is 0 Å². The minimum atomic E-state index is -3.56. The van der Waals surface area contributed by atoms with Crippen LogP contribution >= 0.6 is 11.6 Å². The Hall–Kier alpha value is -1.40. The minimum Gasteiger partial charge on any atom is -0.388 e. The van der Waals surface area contributed by atoms with Crippen LogP contribution in [-0.2, 0) is 10.0 Å². The van der Waals surface area contributed by atoms with Crippen LogP contribution in [-0.4, -0.2) is 20.1 Å². The number of halogens is 1. The molecule has 118 valence electrons. The monoisotopic (exact) mass is 339 g/mol. The summed E-state index contributed by atoms with van der Waals surface area (Å²) in [5.41, 5.74) is 1.55. The van der Waals surface area contributed by atoms with Crippen LogP contribution in [0.15, 0.2) is 53.4 Å². The highest BCUT2D eigenvalue weighted by Crippen LogP contribution is 2.20. The number of nitrogens with one attached hydrogen (secondary N) is 1. The topological polar surface area (TPSA) is 66.4 Å². The van der Waals surface area contributed by atoms with Crippen LogP contribution in [0.2, 0.25) is 5.02 Å². The van der Waals surface area contributed by atoms with Crippen LogP contribution in [0, 0.1) is 6.92 Å². The molecule has 0 saturated heterocycles. The second-order valence-electron chi connectivity index (χ2n) is 5.07. The molecule has 0 aliphatic heterocycles. The van der Waals surface area contributed by atoms with E-state index in [0.29, 0.717) is 10.6 Å². The Kier molecular flexibility index (Phi) is 5.58. The number of aliphatic hydroxyl groups excluding tert-OH is 1. The van der Waals surface area contributed by atoms with Crippen molar-refractivity contribution in [2.75, 3.05) is 6.54 Å². The lowest BCUT2D eigenvalue weighted by atomic mass is 10.1. The molecule has 0 aliphatic rings. The van der Waals surface area contributed by atoms with E-state index in [-0.39, 0.29) is 17.9 Å². The molecule has 2 N–H and O–H groups in total. The third-order valence-corrected chi connectivity index (χ3v) is 4.94. The first-order valence-corrected chi connectivity index (χ1v) is 8.74. The standard InChI is InChI=1S/C16H18ClNO3S/c1-12-4-2-7-15(10-12)22(20,21)18-9-8-16(19)13-5-3-6-14(17)11-13/h2-7,10-11,16,18-19H,8-9H2,1H3/t16-/m0/s1. The van der Waals surface area contributed by atoms with Gasteiger partial charge in [-0.3, -0.25) is 0 Å². The van der Waals surface area contributed by atoms with Gasteiger partial charge in [0, 0.05) is 11.6 Å². The molecule has 22 heavy (non-hydrogen) atoms. The molecule has 0 unspecified atom stereocenters. The largest absolute Gasteiger partial charge is 0.388 e. The van der Waals surface area contributed by atoms with Crippen molar-refractivity contribution in [3.05, 3.63) is 64.7 Å². The number of hydrogen-bond donors (Lipinski definition) is 2. The number of benzene rings is 2. The number of hydrogen-bond acceptors (Lipinski definition) is 3. The van der Waals surface area contributed by atoms with Gasteiger partial charge in [-0.05, 0) is 48.7 Å². The SMILES string of the molecule is Cc1cccc(S(=O)(=O)NCC[C@H](O)c2cccc(Cl)c2)c1. The van der Waals surface area contributed by atoms with Gasteiger partial charge in [0.15, 0.2) is 0 Å². The first kappa shape index (κ1) is 17.0. The second kappa shape index (κ2) is 7.24. The van der Waals surface area contributed by atoms with Crippen LogP contribution in [0.1, 0.15) is 23.7 Å². The third kappa shape index (κ3) is 4.55. The fourth-order valence-corrected chi connectivity index (χ4v) is 3.43. The van der Waals surface area contributed by atoms with Gasteiger partial charge >= 0.3 is 0 Å². The molecular weight excluding hydrogens is 322 g/mol. The lowest BCUT2D eigenvalue weighted by Crippen LogP contribution is -2.26. The highest BCUT2D eigenvalue weighted by atomic mass is 35.5. The van der Waals surface area contributed by atoms with E-state index in [1.54, 1.807) is 42.5 Å². The average molecular weight is 340 g/mol. The van der Waals surface area contributed by atoms with E-state index < -0.39 is 16.1 Å². The molecule has 2 rings (SSSR count). The predicted molar refractivity (Wildman–Crippen MR) is 87.4 cm³/mol. The maximum absolute atomic E-state index is 12.1. The number of aryl methyl sites for hydroxylation is 1. The minimum absolute atomic E-state index is 0.143. The maximum atomic E-state index is 12.1. The normalized spacial score (nSPS) is 13.0. The number of rotatable bonds is 6. The zero-order chi connectivity index (χ0) is 16.2. The summed E-state index contributed by atoms with van der Waals surface area (Å²) < 4.78 is 26.8. The molecule has 0 spiro atoms. The van der Waals surface area contributed by atoms with Crippen LogP contribution in [0.25, 0.3) is 0 Å². The predicted octanol–water partition coefficient (Wildman–Crippen LogP) is 3.05. The Morgan fingerprint density at radius 3 is 2.59 bits per heavy atom. The van der Waals surface area contributed by atoms with Crippen LogP contribution in [0.3, 0.4) is 0 Å². The second-order valence-corrected chi connectivity index (χ2v) is 7.28. The average Bonchev–Trinajstić information content (AvgIpc) is 2.47. The lowest BCUT2D eigenvalue weighted by Gasteiger charge is -2.12. The summed E-state index contributed by atoms with van der Waals surface area (Å²) in [6.45, 7) is 1.98. The van der Waals surface area contributed by atoms with E-state index in [0.717, 1.165) is 5.56 Å². The van der Waals surface area contributed by atoms with Crippen LogP contribution in [0.5, 0.6) is 0 Å². The van der Waals surface area contributed by atoms with Crippen molar-refractivity contribution >= 4 is 21.6 Å². The first-order valence-electron chi connectivity index (χ1n) is 6.88. The van der Waals surface area contributed by atoms with E-state index in [1.165, 1.54) is 0 Å². The summed E-state index contributed by atoms with van der Waals surface area (Å²) in [6, 6.07) is 13.6. The zero-order valence-electron chi connectivity index (χ0n) is 12.2. The van der Waals surface area contributed by atoms with Crippen molar-refractivity contribution in [1.82, 2.24) is 4.72 Å². The van der Waals surface area contributed by atoms with Gasteiger partial charge in [0.05, 0.1) is 11.0 Å². The van der Waals surface area contributed by atoms with Gasteiger partial charge in [-0.2, -0.15) is 0 Å². The van der Waals surface area contributed by atoms with Gasteiger partial charge in [0.2, 0.25) is 10.0 Å². The molecule has 0 radical (unpaired) electrons. The van der Waals surface area contributed by atoms with Crippen LogP contribution in [0.4, 0.5) is 0 Å². The van der Waals surface area contributed by atoms with Crippen molar-refractivity contribution in [1.29, 1.82) is 0 Å². The third-order valence-electron chi connectivity index (χ3n) is 3.24. The summed E-state index contributed by atoms with van der Waals surface area (Å²) >= 11 is 5.87. The van der Waals surface area contributed by atoms with Gasteiger partial charge in [-0.25, -0.2) is 13.1 Å². The van der Waals surface area contributed by atoms with Crippen molar-refractivity contribution in [3.8, 4) is 0 Å². The summed E-state index contributed by atoms with van der Waals surface area (Å²) in [6.07, 6.45) is -0.496. The van der Waals surface area contributed by atoms with Gasteiger partial charge in [0.1, 0.15) is 0 Å². The molecule has 0 amide bonds. The fraction of sp³-hybridized carbons (Fsp3) is 0.250. The van der Waals surface area contributed by atoms with E-state index >= 15 is 0 Å². The molecule has 0 bridgehead atoms. The zero-order valence-corrected chi connectivity index (χ0v) is 13.7. The molecule has 2 aromatic carbocycles. The highest BCUT2D eigenvalue weighted by molar-refractivity contribution is 7.89. The van der Waals surface area contributed by atoms with E-state index in [4.69, 9.17) is 11.6 Å². The molecule has 0 heterocycles. The molecule has 0 saturated carbocycles. The Morgan fingerprint density at radius 2 is 1.91 bits per heavy atom. The summed E-state index contributed by atoms with van der Waals surface area (Å²) in [5, 5.41) is 10.6. The Bertz CT molecular complexity index is 747. The van der Waals surface area contributed by atoms with Crippen molar-refractivity contribution in [2.45, 2.75) is 24.3 Å². The smallest absolute Gasteiger partial charge is 0.240 e. The summed E-state index contributed by atoms with van der Waals surface area (Å²) in [5.74, 6) is 0. The van der Waals surface area contributed by atoms with Gasteiger partial charge < -0.3 is 5.11 Å². The number of aliphatic hydroxyl groups is 1. The highest BCUT2D eigenvalue weighted by Gasteiger charge is 2.15. The first-order chi connectivity index (χ1) is 10.4.